The van der Waals surface area contributed by atoms with Crippen LogP contribution in [0.2, 0.25) is 0 Å². The van der Waals surface area contributed by atoms with Gasteiger partial charge in [0, 0.05) is 13.1 Å². The molecule has 5 nitrogen and oxygen atoms in total. The number of sulfonamides is 1. The Morgan fingerprint density at radius 3 is 2.47 bits per heavy atom. The molecule has 0 saturated carbocycles. The van der Waals surface area contributed by atoms with E-state index in [0.29, 0.717) is 13.0 Å². The summed E-state index contributed by atoms with van der Waals surface area (Å²) in [6.07, 6.45) is 4.46. The normalized spacial score (nSPS) is 18.4. The summed E-state index contributed by atoms with van der Waals surface area (Å²) < 4.78 is 25.8. The second kappa shape index (κ2) is 8.02. The van der Waals surface area contributed by atoms with Crippen LogP contribution in [0.3, 0.4) is 0 Å². The van der Waals surface area contributed by atoms with Gasteiger partial charge in [-0.25, -0.2) is 13.1 Å². The molecule has 17 heavy (non-hydrogen) atoms. The summed E-state index contributed by atoms with van der Waals surface area (Å²) in [6.45, 7) is 4.35. The highest BCUT2D eigenvalue weighted by Crippen LogP contribution is 2.07. The molecule has 0 spiro atoms. The minimum absolute atomic E-state index is 0.216. The summed E-state index contributed by atoms with van der Waals surface area (Å²) in [5, 5.41) is 2.95. The Hall–Kier alpha value is -0.170. The highest BCUT2D eigenvalue weighted by atomic mass is 32.2. The first-order valence-corrected chi connectivity index (χ1v) is 8.13. The van der Waals surface area contributed by atoms with Crippen molar-refractivity contribution in [2.24, 2.45) is 0 Å². The number of hydrogen-bond acceptors (Lipinski definition) is 4. The maximum atomic E-state index is 11.6. The van der Waals surface area contributed by atoms with Crippen LogP contribution < -0.4 is 10.0 Å². The van der Waals surface area contributed by atoms with Gasteiger partial charge in [-0.1, -0.05) is 6.42 Å². The van der Waals surface area contributed by atoms with Gasteiger partial charge in [-0.05, 0) is 45.9 Å². The molecule has 102 valence electrons. The second-order valence-electron chi connectivity index (χ2n) is 4.57. The summed E-state index contributed by atoms with van der Waals surface area (Å²) >= 11 is 0. The fraction of sp³-hybridized carbons (Fsp3) is 1.00. The van der Waals surface area contributed by atoms with Crippen LogP contribution in [0.15, 0.2) is 0 Å². The van der Waals surface area contributed by atoms with Crippen molar-refractivity contribution < 1.29 is 8.42 Å². The zero-order chi connectivity index (χ0) is 12.6. The first-order chi connectivity index (χ1) is 8.14. The number of nitrogens with one attached hydrogen (secondary N) is 2. The molecule has 6 heteroatoms. The van der Waals surface area contributed by atoms with E-state index >= 15 is 0 Å². The Bertz CT molecular complexity index is 287. The second-order valence-corrected chi connectivity index (χ2v) is 6.50. The molecule has 1 rings (SSSR count). The molecule has 0 radical (unpaired) electrons. The van der Waals surface area contributed by atoms with E-state index in [1.807, 2.05) is 7.05 Å². The van der Waals surface area contributed by atoms with Gasteiger partial charge in [0.15, 0.2) is 0 Å². The molecule has 0 aliphatic carbocycles. The maximum absolute atomic E-state index is 11.6. The fourth-order valence-electron chi connectivity index (χ4n) is 2.05. The molecule has 0 bridgehead atoms. The molecule has 2 N–H and O–H groups in total. The fourth-order valence-corrected chi connectivity index (χ4v) is 3.12. The van der Waals surface area contributed by atoms with E-state index in [1.54, 1.807) is 0 Å². The van der Waals surface area contributed by atoms with Gasteiger partial charge < -0.3 is 10.2 Å². The van der Waals surface area contributed by atoms with Gasteiger partial charge in [0.05, 0.1) is 5.75 Å². The summed E-state index contributed by atoms with van der Waals surface area (Å²) in [5.74, 6) is 0.216. The van der Waals surface area contributed by atoms with Gasteiger partial charge in [0.25, 0.3) is 0 Å². The first-order valence-electron chi connectivity index (χ1n) is 6.48. The van der Waals surface area contributed by atoms with E-state index in [4.69, 9.17) is 0 Å². The largest absolute Gasteiger partial charge is 0.320 e. The molecular formula is C11H25N3O2S. The van der Waals surface area contributed by atoms with Crippen molar-refractivity contribution >= 4 is 10.0 Å². The van der Waals surface area contributed by atoms with Gasteiger partial charge in [0.1, 0.15) is 0 Å². The van der Waals surface area contributed by atoms with Crippen LogP contribution >= 0.6 is 0 Å². The predicted octanol–water partition coefficient (Wildman–Crippen LogP) is 0.00120. The van der Waals surface area contributed by atoms with E-state index in [0.717, 1.165) is 26.2 Å². The van der Waals surface area contributed by atoms with Crippen molar-refractivity contribution in [1.29, 1.82) is 0 Å². The van der Waals surface area contributed by atoms with Gasteiger partial charge in [-0.15, -0.1) is 0 Å². The average molecular weight is 263 g/mol. The van der Waals surface area contributed by atoms with Crippen molar-refractivity contribution in [2.45, 2.75) is 25.7 Å². The Morgan fingerprint density at radius 1 is 1.12 bits per heavy atom. The van der Waals surface area contributed by atoms with Gasteiger partial charge in [-0.3, -0.25) is 0 Å². The monoisotopic (exact) mass is 263 g/mol. The maximum Gasteiger partial charge on any atom is 0.211 e. The van der Waals surface area contributed by atoms with E-state index in [-0.39, 0.29) is 5.75 Å². The van der Waals surface area contributed by atoms with Gasteiger partial charge in [0.2, 0.25) is 10.0 Å². The third-order valence-corrected chi connectivity index (χ3v) is 4.51. The lowest BCUT2D eigenvalue weighted by molar-refractivity contribution is 0.233. The summed E-state index contributed by atoms with van der Waals surface area (Å²) in [7, 11) is -1.24. The van der Waals surface area contributed by atoms with Crippen LogP contribution in [0.5, 0.6) is 0 Å². The van der Waals surface area contributed by atoms with Crippen LogP contribution in [0.25, 0.3) is 0 Å². The number of hydrogen-bond donors (Lipinski definition) is 2. The molecule has 1 aliphatic heterocycles. The first kappa shape index (κ1) is 14.9. The molecule has 0 amide bonds. The minimum Gasteiger partial charge on any atom is -0.320 e. The SMILES string of the molecule is CNCCCS(=O)(=O)NCCN1CCCCC1. The van der Waals surface area contributed by atoms with Crippen LogP contribution in [0, 0.1) is 0 Å². The Kier molecular flexibility index (Phi) is 7.03. The zero-order valence-corrected chi connectivity index (χ0v) is 11.6. The minimum atomic E-state index is -3.07. The van der Waals surface area contributed by atoms with E-state index in [9.17, 15) is 8.42 Å². The number of rotatable bonds is 8. The van der Waals surface area contributed by atoms with Crippen LogP contribution in [-0.4, -0.2) is 58.8 Å². The summed E-state index contributed by atoms with van der Waals surface area (Å²) in [4.78, 5) is 2.33. The van der Waals surface area contributed by atoms with E-state index < -0.39 is 10.0 Å². The molecule has 1 saturated heterocycles. The molecule has 1 aliphatic rings. The molecular weight excluding hydrogens is 238 g/mol. The lowest BCUT2D eigenvalue weighted by atomic mass is 10.1. The number of piperidine rings is 1. The molecule has 0 unspecified atom stereocenters. The Morgan fingerprint density at radius 2 is 1.82 bits per heavy atom. The highest BCUT2D eigenvalue weighted by molar-refractivity contribution is 7.89. The van der Waals surface area contributed by atoms with Crippen molar-refractivity contribution in [3.63, 3.8) is 0 Å². The molecule has 1 heterocycles. The third-order valence-electron chi connectivity index (χ3n) is 3.04. The Labute approximate surface area is 105 Å². The lowest BCUT2D eigenvalue weighted by Gasteiger charge is -2.26. The van der Waals surface area contributed by atoms with E-state index in [2.05, 4.69) is 14.9 Å². The smallest absolute Gasteiger partial charge is 0.211 e. The molecule has 1 fully saturated rings. The Balaban J connectivity index is 2.11. The quantitative estimate of drug-likeness (QED) is 0.605. The van der Waals surface area contributed by atoms with E-state index in [1.165, 1.54) is 19.3 Å². The molecule has 0 aromatic heterocycles. The van der Waals surface area contributed by atoms with Gasteiger partial charge >= 0.3 is 0 Å². The summed E-state index contributed by atoms with van der Waals surface area (Å²) in [5.41, 5.74) is 0. The van der Waals surface area contributed by atoms with Crippen LogP contribution in [0.1, 0.15) is 25.7 Å². The number of nitrogens with zero attached hydrogens (tertiary/aromatic N) is 1. The zero-order valence-electron chi connectivity index (χ0n) is 10.7. The average Bonchev–Trinajstić information content (AvgIpc) is 2.30. The molecule has 0 aromatic rings. The number of likely N-dealkylation sites (tertiary alicyclic amines) is 1. The molecule has 0 aromatic carbocycles. The third kappa shape index (κ3) is 6.98. The van der Waals surface area contributed by atoms with Crippen LogP contribution in [0.4, 0.5) is 0 Å². The van der Waals surface area contributed by atoms with Crippen molar-refractivity contribution in [3.05, 3.63) is 0 Å². The van der Waals surface area contributed by atoms with Crippen molar-refractivity contribution in [2.75, 3.05) is 45.5 Å². The van der Waals surface area contributed by atoms with Crippen molar-refractivity contribution in [1.82, 2.24) is 14.9 Å². The van der Waals surface area contributed by atoms with Crippen molar-refractivity contribution in [3.8, 4) is 0 Å². The highest BCUT2D eigenvalue weighted by Gasteiger charge is 2.12. The van der Waals surface area contributed by atoms with Crippen LogP contribution in [-0.2, 0) is 10.0 Å². The summed E-state index contributed by atoms with van der Waals surface area (Å²) in [6, 6.07) is 0. The standard InChI is InChI=1S/C11H25N3O2S/c1-12-6-5-11-17(15,16)13-7-10-14-8-3-2-4-9-14/h12-13H,2-11H2,1H3. The molecule has 0 atom stereocenters. The predicted molar refractivity (Wildman–Crippen MR) is 70.6 cm³/mol. The van der Waals surface area contributed by atoms with Gasteiger partial charge in [-0.2, -0.15) is 0 Å². The topological polar surface area (TPSA) is 61.4 Å². The lowest BCUT2D eigenvalue weighted by Crippen LogP contribution is -2.38.